The standard InChI is InChI=1S/C17H23N3O6S/c1-27(24,25)20(11-16(21)22)10-13-9-19(5-6-26-13)17(23)15-7-14(15)12-3-2-4-18-8-12/h2-4,8,13-15H,5-7,9-11H2,1H3,(H,21,22)/t13-,14-,15-/m0/s1. The highest BCUT2D eigenvalue weighted by molar-refractivity contribution is 7.88. The molecule has 0 spiro atoms. The van der Waals surface area contributed by atoms with Crippen LogP contribution in [-0.4, -0.2) is 84.7 Å². The predicted octanol–water partition coefficient (Wildman–Crippen LogP) is -0.241. The second-order valence-electron chi connectivity index (χ2n) is 6.96. The van der Waals surface area contributed by atoms with Crippen LogP contribution < -0.4 is 0 Å². The fourth-order valence-electron chi connectivity index (χ4n) is 3.39. The Morgan fingerprint density at radius 3 is 2.85 bits per heavy atom. The summed E-state index contributed by atoms with van der Waals surface area (Å²) >= 11 is 0. The van der Waals surface area contributed by atoms with E-state index in [0.717, 1.165) is 22.5 Å². The van der Waals surface area contributed by atoms with Gasteiger partial charge in [0.25, 0.3) is 0 Å². The van der Waals surface area contributed by atoms with Crippen molar-refractivity contribution in [2.24, 2.45) is 5.92 Å². The Bertz CT molecular complexity index is 800. The summed E-state index contributed by atoms with van der Waals surface area (Å²) in [5.74, 6) is -1.12. The molecular weight excluding hydrogens is 374 g/mol. The van der Waals surface area contributed by atoms with Gasteiger partial charge in [-0.25, -0.2) is 8.42 Å². The van der Waals surface area contributed by atoms with E-state index in [-0.39, 0.29) is 30.8 Å². The minimum absolute atomic E-state index is 0.0290. The third kappa shape index (κ3) is 5.02. The van der Waals surface area contributed by atoms with Crippen LogP contribution >= 0.6 is 0 Å². The highest BCUT2D eigenvalue weighted by atomic mass is 32.2. The molecule has 148 valence electrons. The number of rotatable bonds is 7. The molecule has 0 unspecified atom stereocenters. The number of amides is 1. The number of nitrogens with zero attached hydrogens (tertiary/aromatic N) is 3. The average Bonchev–Trinajstić information content (AvgIpc) is 3.41. The lowest BCUT2D eigenvalue weighted by atomic mass is 10.1. The zero-order valence-electron chi connectivity index (χ0n) is 15.0. The normalized spacial score (nSPS) is 25.4. The van der Waals surface area contributed by atoms with Gasteiger partial charge < -0.3 is 14.7 Å². The number of aliphatic carboxylic acids is 1. The van der Waals surface area contributed by atoms with Gasteiger partial charge in [-0.1, -0.05) is 6.07 Å². The maximum absolute atomic E-state index is 12.8. The first-order valence-electron chi connectivity index (χ1n) is 8.73. The third-order valence-corrected chi connectivity index (χ3v) is 6.07. The number of hydrogen-bond donors (Lipinski definition) is 1. The Hall–Kier alpha value is -2.04. The first-order valence-corrected chi connectivity index (χ1v) is 10.6. The Kier molecular flexibility index (Phi) is 5.78. The summed E-state index contributed by atoms with van der Waals surface area (Å²) in [7, 11) is -3.68. The SMILES string of the molecule is CS(=O)(=O)N(CC(=O)O)C[C@@H]1CN(C(=O)[C@H]2C[C@H]2c2cccnc2)CCO1. The van der Waals surface area contributed by atoms with Crippen molar-refractivity contribution < 1.29 is 27.9 Å². The van der Waals surface area contributed by atoms with Crippen molar-refractivity contribution in [3.8, 4) is 0 Å². The highest BCUT2D eigenvalue weighted by Crippen LogP contribution is 2.48. The maximum atomic E-state index is 12.8. The van der Waals surface area contributed by atoms with Crippen molar-refractivity contribution in [1.29, 1.82) is 0 Å². The van der Waals surface area contributed by atoms with Gasteiger partial charge in [0.1, 0.15) is 6.54 Å². The number of carbonyl (C=O) groups is 2. The molecule has 1 saturated carbocycles. The molecule has 2 heterocycles. The lowest BCUT2D eigenvalue weighted by Crippen LogP contribution is -2.51. The van der Waals surface area contributed by atoms with Gasteiger partial charge in [0.15, 0.2) is 0 Å². The van der Waals surface area contributed by atoms with Gasteiger partial charge in [-0.2, -0.15) is 4.31 Å². The maximum Gasteiger partial charge on any atom is 0.318 e. The van der Waals surface area contributed by atoms with E-state index in [9.17, 15) is 18.0 Å². The average molecular weight is 397 g/mol. The van der Waals surface area contributed by atoms with Crippen LogP contribution in [0.5, 0.6) is 0 Å². The minimum Gasteiger partial charge on any atom is -0.480 e. The topological polar surface area (TPSA) is 117 Å². The zero-order valence-corrected chi connectivity index (χ0v) is 15.8. The number of morpholine rings is 1. The van der Waals surface area contributed by atoms with E-state index in [1.54, 1.807) is 17.3 Å². The molecule has 1 aliphatic carbocycles. The Labute approximate surface area is 158 Å². The van der Waals surface area contributed by atoms with Gasteiger partial charge in [-0.3, -0.25) is 14.6 Å². The Morgan fingerprint density at radius 1 is 1.44 bits per heavy atom. The largest absolute Gasteiger partial charge is 0.480 e. The lowest BCUT2D eigenvalue weighted by Gasteiger charge is -2.35. The molecule has 0 radical (unpaired) electrons. The fraction of sp³-hybridized carbons (Fsp3) is 0.588. The van der Waals surface area contributed by atoms with Gasteiger partial charge in [0, 0.05) is 37.9 Å². The molecule has 2 aliphatic rings. The minimum atomic E-state index is -3.68. The molecule has 1 aliphatic heterocycles. The van der Waals surface area contributed by atoms with E-state index in [4.69, 9.17) is 9.84 Å². The predicted molar refractivity (Wildman–Crippen MR) is 95.5 cm³/mol. The number of sulfonamides is 1. The molecule has 27 heavy (non-hydrogen) atoms. The Morgan fingerprint density at radius 2 is 2.22 bits per heavy atom. The van der Waals surface area contributed by atoms with Crippen LogP contribution in [0.25, 0.3) is 0 Å². The number of carboxylic acid groups (broad SMARTS) is 1. The summed E-state index contributed by atoms with van der Waals surface area (Å²) < 4.78 is 30.0. The Balaban J connectivity index is 1.59. The summed E-state index contributed by atoms with van der Waals surface area (Å²) in [6.45, 7) is 0.277. The third-order valence-electron chi connectivity index (χ3n) is 4.86. The van der Waals surface area contributed by atoms with Crippen LogP contribution in [-0.2, 0) is 24.3 Å². The van der Waals surface area contributed by atoms with Crippen molar-refractivity contribution in [2.45, 2.75) is 18.4 Å². The van der Waals surface area contributed by atoms with Crippen LogP contribution in [0.15, 0.2) is 24.5 Å². The van der Waals surface area contributed by atoms with Crippen LogP contribution in [0.1, 0.15) is 17.9 Å². The second-order valence-corrected chi connectivity index (χ2v) is 8.94. The molecule has 3 rings (SSSR count). The molecule has 1 amide bonds. The van der Waals surface area contributed by atoms with Gasteiger partial charge in [0.2, 0.25) is 15.9 Å². The highest BCUT2D eigenvalue weighted by Gasteiger charge is 2.46. The summed E-state index contributed by atoms with van der Waals surface area (Å²) in [6, 6.07) is 3.81. The van der Waals surface area contributed by atoms with Crippen molar-refractivity contribution >= 4 is 21.9 Å². The van der Waals surface area contributed by atoms with E-state index in [2.05, 4.69) is 4.98 Å². The number of aromatic nitrogens is 1. The lowest BCUT2D eigenvalue weighted by molar-refractivity contribution is -0.142. The summed E-state index contributed by atoms with van der Waals surface area (Å²) in [6.07, 6.45) is 4.66. The van der Waals surface area contributed by atoms with Crippen molar-refractivity contribution in [1.82, 2.24) is 14.2 Å². The molecule has 3 atom stereocenters. The molecule has 9 nitrogen and oxygen atoms in total. The molecule has 10 heteroatoms. The first kappa shape index (κ1) is 19.7. The molecule has 1 N–H and O–H groups in total. The smallest absolute Gasteiger partial charge is 0.318 e. The molecule has 0 bridgehead atoms. The second kappa shape index (κ2) is 7.91. The number of hydrogen-bond acceptors (Lipinski definition) is 6. The summed E-state index contributed by atoms with van der Waals surface area (Å²) in [5.41, 5.74) is 1.05. The number of carboxylic acids is 1. The fourth-order valence-corrected chi connectivity index (χ4v) is 4.17. The molecule has 1 saturated heterocycles. The van der Waals surface area contributed by atoms with E-state index < -0.39 is 28.6 Å². The van der Waals surface area contributed by atoms with Crippen molar-refractivity contribution in [3.05, 3.63) is 30.1 Å². The molecule has 2 fully saturated rings. The van der Waals surface area contributed by atoms with E-state index in [1.165, 1.54) is 0 Å². The van der Waals surface area contributed by atoms with Crippen LogP contribution in [0.4, 0.5) is 0 Å². The quantitative estimate of drug-likeness (QED) is 0.675. The summed E-state index contributed by atoms with van der Waals surface area (Å²) in [4.78, 5) is 29.5. The molecular formula is C17H23N3O6S. The molecule has 0 aromatic carbocycles. The zero-order chi connectivity index (χ0) is 19.6. The van der Waals surface area contributed by atoms with Crippen molar-refractivity contribution in [3.63, 3.8) is 0 Å². The molecule has 1 aromatic heterocycles. The van der Waals surface area contributed by atoms with Gasteiger partial charge >= 0.3 is 5.97 Å². The van der Waals surface area contributed by atoms with Crippen LogP contribution in [0.3, 0.4) is 0 Å². The van der Waals surface area contributed by atoms with E-state index >= 15 is 0 Å². The van der Waals surface area contributed by atoms with Crippen molar-refractivity contribution in [2.75, 3.05) is 39.0 Å². The van der Waals surface area contributed by atoms with Gasteiger partial charge in [-0.15, -0.1) is 0 Å². The number of carbonyl (C=O) groups excluding carboxylic acids is 1. The van der Waals surface area contributed by atoms with Gasteiger partial charge in [-0.05, 0) is 24.0 Å². The monoisotopic (exact) mass is 397 g/mol. The number of pyridine rings is 1. The van der Waals surface area contributed by atoms with Crippen LogP contribution in [0.2, 0.25) is 0 Å². The van der Waals surface area contributed by atoms with E-state index in [1.807, 2.05) is 12.1 Å². The number of ether oxygens (including phenoxy) is 1. The summed E-state index contributed by atoms with van der Waals surface area (Å²) in [5, 5.41) is 8.92. The van der Waals surface area contributed by atoms with Crippen LogP contribution in [0, 0.1) is 5.92 Å². The van der Waals surface area contributed by atoms with E-state index in [0.29, 0.717) is 13.2 Å². The molecule has 1 aromatic rings. The first-order chi connectivity index (χ1) is 12.8. The van der Waals surface area contributed by atoms with Gasteiger partial charge in [0.05, 0.1) is 19.0 Å².